The maximum Gasteiger partial charge on any atom is 0.416 e. The van der Waals surface area contributed by atoms with Crippen LogP contribution in [0.1, 0.15) is 21.5 Å². The van der Waals surface area contributed by atoms with Crippen LogP contribution in [-0.4, -0.2) is 6.29 Å². The lowest BCUT2D eigenvalue weighted by molar-refractivity contribution is -0.137. The van der Waals surface area contributed by atoms with Crippen LogP contribution in [0.2, 0.25) is 0 Å². The van der Waals surface area contributed by atoms with Gasteiger partial charge in [-0.2, -0.15) is 13.2 Å². The van der Waals surface area contributed by atoms with Crippen LogP contribution < -0.4 is 4.74 Å². The van der Waals surface area contributed by atoms with E-state index >= 15 is 0 Å². The minimum atomic E-state index is -4.34. The van der Waals surface area contributed by atoms with E-state index in [1.807, 2.05) is 24.3 Å². The smallest absolute Gasteiger partial charge is 0.416 e. The first-order valence-corrected chi connectivity index (χ1v) is 7.90. The van der Waals surface area contributed by atoms with E-state index in [1.54, 1.807) is 24.3 Å². The molecule has 2 nitrogen and oxygen atoms in total. The van der Waals surface area contributed by atoms with Crippen molar-refractivity contribution in [3.63, 3.8) is 0 Å². The first kappa shape index (κ1) is 17.7. The van der Waals surface area contributed by atoms with Gasteiger partial charge in [0, 0.05) is 5.56 Å². The second-order valence-corrected chi connectivity index (χ2v) is 5.75. The number of alkyl halides is 3. The summed E-state index contributed by atoms with van der Waals surface area (Å²) in [4.78, 5) is 10.6. The standard InChI is InChI=1S/C21H15F3O2/c22-21(23,24)19-8-6-17(7-9-19)18-3-1-2-16(12-18)14-26-20-10-4-15(13-25)5-11-20/h1-13H,14H2. The molecule has 0 fully saturated rings. The second-order valence-electron chi connectivity index (χ2n) is 5.75. The molecule has 5 heteroatoms. The largest absolute Gasteiger partial charge is 0.489 e. The van der Waals surface area contributed by atoms with Gasteiger partial charge in [-0.3, -0.25) is 4.79 Å². The van der Waals surface area contributed by atoms with Crippen molar-refractivity contribution in [3.8, 4) is 16.9 Å². The highest BCUT2D eigenvalue weighted by Crippen LogP contribution is 2.31. The molecule has 0 saturated carbocycles. The molecule has 0 unspecified atom stereocenters. The summed E-state index contributed by atoms with van der Waals surface area (Å²) in [6.07, 6.45) is -3.58. The zero-order valence-corrected chi connectivity index (χ0v) is 13.7. The quantitative estimate of drug-likeness (QED) is 0.543. The van der Waals surface area contributed by atoms with E-state index in [-0.39, 0.29) is 0 Å². The van der Waals surface area contributed by atoms with Crippen molar-refractivity contribution in [2.75, 3.05) is 0 Å². The Morgan fingerprint density at radius 1 is 0.846 bits per heavy atom. The predicted molar refractivity (Wildman–Crippen MR) is 93.0 cm³/mol. The predicted octanol–water partition coefficient (Wildman–Crippen LogP) is 5.76. The highest BCUT2D eigenvalue weighted by molar-refractivity contribution is 5.74. The summed E-state index contributed by atoms with van der Waals surface area (Å²) < 4.78 is 43.7. The molecule has 3 aromatic carbocycles. The number of hydrogen-bond donors (Lipinski definition) is 0. The van der Waals surface area contributed by atoms with Gasteiger partial charge < -0.3 is 4.74 Å². The number of hydrogen-bond acceptors (Lipinski definition) is 2. The van der Waals surface area contributed by atoms with E-state index in [9.17, 15) is 18.0 Å². The van der Waals surface area contributed by atoms with E-state index in [0.717, 1.165) is 29.5 Å². The Morgan fingerprint density at radius 2 is 1.54 bits per heavy atom. The van der Waals surface area contributed by atoms with E-state index < -0.39 is 11.7 Å². The molecule has 0 N–H and O–H groups in total. The summed E-state index contributed by atoms with van der Waals surface area (Å²) in [5.41, 5.74) is 2.31. The Hall–Kier alpha value is -3.08. The third-order valence-electron chi connectivity index (χ3n) is 3.89. The first-order chi connectivity index (χ1) is 12.5. The summed E-state index contributed by atoms with van der Waals surface area (Å²) in [5.74, 6) is 0.635. The van der Waals surface area contributed by atoms with Crippen molar-refractivity contribution in [1.29, 1.82) is 0 Å². The summed E-state index contributed by atoms with van der Waals surface area (Å²) in [6, 6.07) is 19.3. The topological polar surface area (TPSA) is 26.3 Å². The fourth-order valence-electron chi connectivity index (χ4n) is 2.50. The Bertz CT molecular complexity index is 882. The lowest BCUT2D eigenvalue weighted by Crippen LogP contribution is -2.04. The van der Waals surface area contributed by atoms with E-state index in [2.05, 4.69) is 0 Å². The average Bonchev–Trinajstić information content (AvgIpc) is 2.66. The Morgan fingerprint density at radius 3 is 2.15 bits per heavy atom. The van der Waals surface area contributed by atoms with E-state index in [4.69, 9.17) is 4.74 Å². The number of halogens is 3. The number of ether oxygens (including phenoxy) is 1. The van der Waals surface area contributed by atoms with Crippen LogP contribution in [0.15, 0.2) is 72.8 Å². The fraction of sp³-hybridized carbons (Fsp3) is 0.0952. The molecule has 0 heterocycles. The maximum atomic E-state index is 12.7. The van der Waals surface area contributed by atoms with Crippen LogP contribution in [-0.2, 0) is 12.8 Å². The zero-order valence-electron chi connectivity index (χ0n) is 13.7. The Kier molecular flexibility index (Phi) is 5.07. The van der Waals surface area contributed by atoms with Crippen molar-refractivity contribution in [1.82, 2.24) is 0 Å². The first-order valence-electron chi connectivity index (χ1n) is 7.90. The van der Waals surface area contributed by atoms with Gasteiger partial charge in [-0.05, 0) is 59.2 Å². The number of rotatable bonds is 5. The molecular weight excluding hydrogens is 341 g/mol. The molecule has 132 valence electrons. The highest BCUT2D eigenvalue weighted by Gasteiger charge is 2.29. The van der Waals surface area contributed by atoms with Crippen molar-refractivity contribution in [3.05, 3.63) is 89.5 Å². The molecule has 0 radical (unpaired) electrons. The van der Waals surface area contributed by atoms with Crippen LogP contribution >= 0.6 is 0 Å². The van der Waals surface area contributed by atoms with Crippen molar-refractivity contribution >= 4 is 6.29 Å². The monoisotopic (exact) mass is 356 g/mol. The molecule has 3 aromatic rings. The summed E-state index contributed by atoms with van der Waals surface area (Å²) >= 11 is 0. The van der Waals surface area contributed by atoms with Gasteiger partial charge in [-0.15, -0.1) is 0 Å². The second kappa shape index (κ2) is 7.44. The van der Waals surface area contributed by atoms with Crippen molar-refractivity contribution in [2.45, 2.75) is 12.8 Å². The molecule has 3 rings (SSSR count). The molecule has 0 saturated heterocycles. The zero-order chi connectivity index (χ0) is 18.6. The van der Waals surface area contributed by atoms with E-state index in [0.29, 0.717) is 23.5 Å². The minimum Gasteiger partial charge on any atom is -0.489 e. The van der Waals surface area contributed by atoms with Crippen LogP contribution in [0.3, 0.4) is 0 Å². The van der Waals surface area contributed by atoms with Gasteiger partial charge in [0.2, 0.25) is 0 Å². The van der Waals surface area contributed by atoms with Crippen LogP contribution in [0.4, 0.5) is 13.2 Å². The summed E-state index contributed by atoms with van der Waals surface area (Å²) in [6.45, 7) is 0.314. The normalized spacial score (nSPS) is 11.2. The molecule has 0 amide bonds. The van der Waals surface area contributed by atoms with Crippen LogP contribution in [0.25, 0.3) is 11.1 Å². The van der Waals surface area contributed by atoms with Gasteiger partial charge in [0.15, 0.2) is 0 Å². The Balaban J connectivity index is 1.72. The highest BCUT2D eigenvalue weighted by atomic mass is 19.4. The maximum absolute atomic E-state index is 12.7. The number of carbonyl (C=O) groups is 1. The fourth-order valence-corrected chi connectivity index (χ4v) is 2.50. The lowest BCUT2D eigenvalue weighted by atomic mass is 10.0. The van der Waals surface area contributed by atoms with Crippen LogP contribution in [0, 0.1) is 0 Å². The van der Waals surface area contributed by atoms with E-state index in [1.165, 1.54) is 12.1 Å². The average molecular weight is 356 g/mol. The molecule has 0 bridgehead atoms. The summed E-state index contributed by atoms with van der Waals surface area (Å²) in [7, 11) is 0. The molecule has 26 heavy (non-hydrogen) atoms. The SMILES string of the molecule is O=Cc1ccc(OCc2cccc(-c3ccc(C(F)(F)F)cc3)c2)cc1. The molecule has 0 aliphatic heterocycles. The van der Waals surface area contributed by atoms with Crippen molar-refractivity contribution < 1.29 is 22.7 Å². The van der Waals surface area contributed by atoms with Crippen molar-refractivity contribution in [2.24, 2.45) is 0 Å². The molecule has 0 aliphatic carbocycles. The Labute approximate surface area is 148 Å². The molecule has 0 aliphatic rings. The van der Waals surface area contributed by atoms with Crippen LogP contribution in [0.5, 0.6) is 5.75 Å². The lowest BCUT2D eigenvalue weighted by Gasteiger charge is -2.10. The minimum absolute atomic E-state index is 0.314. The van der Waals surface area contributed by atoms with Gasteiger partial charge in [-0.1, -0.05) is 30.3 Å². The van der Waals surface area contributed by atoms with Gasteiger partial charge >= 0.3 is 6.18 Å². The molecule has 0 spiro atoms. The van der Waals surface area contributed by atoms with Gasteiger partial charge in [-0.25, -0.2) is 0 Å². The number of benzene rings is 3. The van der Waals surface area contributed by atoms with Gasteiger partial charge in [0.1, 0.15) is 18.6 Å². The third kappa shape index (κ3) is 4.30. The summed E-state index contributed by atoms with van der Waals surface area (Å²) in [5, 5.41) is 0. The van der Waals surface area contributed by atoms with Gasteiger partial charge in [0.05, 0.1) is 5.56 Å². The van der Waals surface area contributed by atoms with Gasteiger partial charge in [0.25, 0.3) is 0 Å². The molecule has 0 aromatic heterocycles. The third-order valence-corrected chi connectivity index (χ3v) is 3.89. The molecule has 0 atom stereocenters. The number of carbonyl (C=O) groups excluding carboxylic acids is 1. The number of aldehydes is 1. The molecular formula is C21H15F3O2.